The van der Waals surface area contributed by atoms with Crippen LogP contribution in [0.25, 0.3) is 0 Å². The normalized spacial score (nSPS) is 10.8. The molecule has 29 heavy (non-hydrogen) atoms. The first kappa shape index (κ1) is 27.5. The molecule has 0 heterocycles. The Morgan fingerprint density at radius 1 is 1.10 bits per heavy atom. The van der Waals surface area contributed by atoms with Gasteiger partial charge in [-0.05, 0) is 44.9 Å². The van der Waals surface area contributed by atoms with Gasteiger partial charge in [0.05, 0.1) is 13.7 Å². The molecule has 0 fully saturated rings. The van der Waals surface area contributed by atoms with E-state index in [0.29, 0.717) is 32.7 Å². The zero-order chi connectivity index (χ0) is 20.6. The number of carbonyl (C=O) groups excluding carboxylic acids is 1. The molecule has 1 amide bonds. The Morgan fingerprint density at radius 2 is 1.79 bits per heavy atom. The van der Waals surface area contributed by atoms with E-state index in [-0.39, 0.29) is 29.9 Å². The maximum absolute atomic E-state index is 12.0. The summed E-state index contributed by atoms with van der Waals surface area (Å²) in [7, 11) is 1.66. The Kier molecular flexibility index (Phi) is 16.4. The number of ether oxygens (including phenoxy) is 2. The van der Waals surface area contributed by atoms with E-state index in [2.05, 4.69) is 15.6 Å². The molecular weight excluding hydrogens is 483 g/mol. The summed E-state index contributed by atoms with van der Waals surface area (Å²) in [6.45, 7) is 10.8. The minimum absolute atomic E-state index is 0. The van der Waals surface area contributed by atoms with Crippen LogP contribution in [-0.4, -0.2) is 63.2 Å². The number of nitrogens with one attached hydrogen (secondary N) is 2. The van der Waals surface area contributed by atoms with E-state index in [0.717, 1.165) is 43.3 Å². The summed E-state index contributed by atoms with van der Waals surface area (Å²) >= 11 is 0. The topological polar surface area (TPSA) is 75.2 Å². The molecule has 0 aliphatic carbocycles. The fourth-order valence-electron chi connectivity index (χ4n) is 2.63. The molecule has 8 heteroatoms. The minimum Gasteiger partial charge on any atom is -0.497 e. The number of carbonyl (C=O) groups is 1. The molecule has 0 radical (unpaired) electrons. The minimum atomic E-state index is 0. The van der Waals surface area contributed by atoms with Crippen LogP contribution in [-0.2, 0) is 16.1 Å². The molecular formula is C21H37IN4O3. The van der Waals surface area contributed by atoms with Crippen molar-refractivity contribution in [1.29, 1.82) is 0 Å². The molecule has 0 bridgehead atoms. The molecule has 0 unspecified atom stereocenters. The predicted octanol–water partition coefficient (Wildman–Crippen LogP) is 3.03. The first-order chi connectivity index (χ1) is 13.6. The van der Waals surface area contributed by atoms with E-state index in [1.165, 1.54) is 0 Å². The highest BCUT2D eigenvalue weighted by atomic mass is 127. The number of benzene rings is 1. The largest absolute Gasteiger partial charge is 0.497 e. The van der Waals surface area contributed by atoms with Gasteiger partial charge < -0.3 is 25.0 Å². The van der Waals surface area contributed by atoms with Crippen molar-refractivity contribution in [2.24, 2.45) is 4.99 Å². The lowest BCUT2D eigenvalue weighted by molar-refractivity contribution is -0.130. The van der Waals surface area contributed by atoms with Crippen molar-refractivity contribution >= 4 is 35.8 Å². The molecule has 0 aliphatic heterocycles. The molecule has 1 aromatic rings. The van der Waals surface area contributed by atoms with Gasteiger partial charge in [-0.1, -0.05) is 12.1 Å². The molecule has 0 saturated heterocycles. The third-order valence-corrected chi connectivity index (χ3v) is 4.24. The Labute approximate surface area is 192 Å². The average Bonchev–Trinajstić information content (AvgIpc) is 2.71. The van der Waals surface area contributed by atoms with Gasteiger partial charge in [0.25, 0.3) is 0 Å². The average molecular weight is 520 g/mol. The second-order valence-electron chi connectivity index (χ2n) is 6.26. The summed E-state index contributed by atoms with van der Waals surface area (Å²) < 4.78 is 10.8. The van der Waals surface area contributed by atoms with Crippen molar-refractivity contribution in [3.05, 3.63) is 29.8 Å². The zero-order valence-electron chi connectivity index (χ0n) is 18.2. The Hall–Kier alpha value is -1.55. The van der Waals surface area contributed by atoms with Crippen molar-refractivity contribution < 1.29 is 14.3 Å². The Morgan fingerprint density at radius 3 is 2.38 bits per heavy atom. The summed E-state index contributed by atoms with van der Waals surface area (Å²) in [5.74, 6) is 1.76. The summed E-state index contributed by atoms with van der Waals surface area (Å²) in [4.78, 5) is 18.4. The molecule has 0 aliphatic rings. The lowest BCUT2D eigenvalue weighted by Crippen LogP contribution is -2.40. The smallest absolute Gasteiger partial charge is 0.224 e. The number of hydrogen-bond acceptors (Lipinski definition) is 4. The molecule has 0 spiro atoms. The first-order valence-electron chi connectivity index (χ1n) is 10.1. The zero-order valence-corrected chi connectivity index (χ0v) is 20.5. The van der Waals surface area contributed by atoms with Crippen LogP contribution in [0, 0.1) is 0 Å². The van der Waals surface area contributed by atoms with Crippen LogP contribution in [0.15, 0.2) is 29.3 Å². The standard InChI is InChI=1S/C21H36N4O3.HI/c1-5-22-21(24-15-13-20(26)25(6-2)7-3)23-14-8-16-28-17-18-9-11-19(27-4)12-10-18;/h9-12H,5-8,13-17H2,1-4H3,(H2,22,23,24);1H. The number of nitrogens with zero attached hydrogens (tertiary/aromatic N) is 2. The predicted molar refractivity (Wildman–Crippen MR) is 129 cm³/mol. The van der Waals surface area contributed by atoms with Gasteiger partial charge in [-0.3, -0.25) is 9.79 Å². The van der Waals surface area contributed by atoms with Crippen LogP contribution in [0.1, 0.15) is 39.2 Å². The summed E-state index contributed by atoms with van der Waals surface area (Å²) in [5, 5.41) is 6.42. The molecule has 0 aromatic heterocycles. The van der Waals surface area contributed by atoms with Crippen LogP contribution < -0.4 is 15.4 Å². The summed E-state index contributed by atoms with van der Waals surface area (Å²) in [5.41, 5.74) is 1.12. The van der Waals surface area contributed by atoms with Crippen molar-refractivity contribution in [2.75, 3.05) is 46.4 Å². The monoisotopic (exact) mass is 520 g/mol. The molecule has 1 rings (SSSR count). The van der Waals surface area contributed by atoms with Gasteiger partial charge in [0.2, 0.25) is 5.91 Å². The summed E-state index contributed by atoms with van der Waals surface area (Å²) in [6, 6.07) is 7.87. The van der Waals surface area contributed by atoms with Gasteiger partial charge in [-0.2, -0.15) is 0 Å². The van der Waals surface area contributed by atoms with Crippen molar-refractivity contribution in [1.82, 2.24) is 15.5 Å². The van der Waals surface area contributed by atoms with Gasteiger partial charge in [0.15, 0.2) is 5.96 Å². The lowest BCUT2D eigenvalue weighted by Gasteiger charge is -2.19. The number of rotatable bonds is 13. The van der Waals surface area contributed by atoms with Crippen LogP contribution in [0.2, 0.25) is 0 Å². The van der Waals surface area contributed by atoms with Gasteiger partial charge in [0, 0.05) is 45.8 Å². The lowest BCUT2D eigenvalue weighted by atomic mass is 10.2. The number of guanidine groups is 1. The molecule has 2 N–H and O–H groups in total. The van der Waals surface area contributed by atoms with Crippen molar-refractivity contribution in [2.45, 2.75) is 40.2 Å². The van der Waals surface area contributed by atoms with E-state index < -0.39 is 0 Å². The second kappa shape index (κ2) is 17.3. The number of halogens is 1. The Bertz CT molecular complexity index is 578. The van der Waals surface area contributed by atoms with Gasteiger partial charge in [0.1, 0.15) is 5.75 Å². The SMILES string of the molecule is CCNC(=NCCCOCc1ccc(OC)cc1)NCCC(=O)N(CC)CC.I. The number of aliphatic imine (C=N–C) groups is 1. The first-order valence-corrected chi connectivity index (χ1v) is 10.1. The van der Waals surface area contributed by atoms with E-state index in [1.54, 1.807) is 7.11 Å². The molecule has 7 nitrogen and oxygen atoms in total. The fraction of sp³-hybridized carbons (Fsp3) is 0.619. The Balaban J connectivity index is 0.00000784. The molecule has 1 aromatic carbocycles. The van der Waals surface area contributed by atoms with E-state index in [9.17, 15) is 4.79 Å². The van der Waals surface area contributed by atoms with Crippen molar-refractivity contribution in [3.63, 3.8) is 0 Å². The maximum atomic E-state index is 12.0. The van der Waals surface area contributed by atoms with Gasteiger partial charge >= 0.3 is 0 Å². The van der Waals surface area contributed by atoms with Crippen LogP contribution in [0.3, 0.4) is 0 Å². The number of methoxy groups -OCH3 is 1. The van der Waals surface area contributed by atoms with Gasteiger partial charge in [-0.15, -0.1) is 24.0 Å². The van der Waals surface area contributed by atoms with Crippen molar-refractivity contribution in [3.8, 4) is 5.75 Å². The highest BCUT2D eigenvalue weighted by molar-refractivity contribution is 14.0. The number of hydrogen-bond donors (Lipinski definition) is 2. The maximum Gasteiger partial charge on any atom is 0.224 e. The van der Waals surface area contributed by atoms with Gasteiger partial charge in [-0.25, -0.2) is 0 Å². The van der Waals surface area contributed by atoms with E-state index in [4.69, 9.17) is 9.47 Å². The van der Waals surface area contributed by atoms with Crippen LogP contribution in [0.4, 0.5) is 0 Å². The fourth-order valence-corrected chi connectivity index (χ4v) is 2.63. The van der Waals surface area contributed by atoms with E-state index in [1.807, 2.05) is 49.9 Å². The third-order valence-electron chi connectivity index (χ3n) is 4.24. The second-order valence-corrected chi connectivity index (χ2v) is 6.26. The number of amides is 1. The highest BCUT2D eigenvalue weighted by Crippen LogP contribution is 2.11. The summed E-state index contributed by atoms with van der Waals surface area (Å²) in [6.07, 6.45) is 1.31. The van der Waals surface area contributed by atoms with E-state index >= 15 is 0 Å². The third kappa shape index (κ3) is 11.9. The van der Waals surface area contributed by atoms with Crippen LogP contribution >= 0.6 is 24.0 Å². The molecule has 0 atom stereocenters. The highest BCUT2D eigenvalue weighted by Gasteiger charge is 2.09. The quantitative estimate of drug-likeness (QED) is 0.181. The molecule has 166 valence electrons. The van der Waals surface area contributed by atoms with Crippen LogP contribution in [0.5, 0.6) is 5.75 Å². The molecule has 0 saturated carbocycles.